The Morgan fingerprint density at radius 3 is 2.48 bits per heavy atom. The first-order chi connectivity index (χ1) is 13.2. The fourth-order valence-electron chi connectivity index (χ4n) is 4.06. The van der Waals surface area contributed by atoms with Crippen molar-refractivity contribution in [2.75, 3.05) is 13.2 Å². The third-order valence-corrected chi connectivity index (χ3v) is 5.59. The zero-order valence-corrected chi connectivity index (χ0v) is 16.4. The normalized spacial score (nSPS) is 24.0. The Bertz CT molecular complexity index is 586. The second kappa shape index (κ2) is 10.4. The molecule has 150 valence electrons. The molecule has 3 rings (SSSR count). The smallest absolute Gasteiger partial charge is 0.308 e. The van der Waals surface area contributed by atoms with E-state index in [0.29, 0.717) is 25.2 Å². The molecule has 0 aliphatic heterocycles. The number of carbonyl (C=O) groups is 1. The molecule has 1 aromatic heterocycles. The highest BCUT2D eigenvalue weighted by atomic mass is 16.5. The number of rotatable bonds is 7. The molecule has 0 atom stereocenters. The number of hydrogen-bond donors (Lipinski definition) is 2. The Hall–Kier alpha value is -1.98. The van der Waals surface area contributed by atoms with Crippen molar-refractivity contribution >= 4 is 11.9 Å². The molecule has 0 aromatic carbocycles. The maximum Gasteiger partial charge on any atom is 0.308 e. The fraction of sp³-hybridized carbons (Fsp3) is 0.714. The third kappa shape index (κ3) is 6.29. The first-order valence-electron chi connectivity index (χ1n) is 10.5. The fourth-order valence-corrected chi connectivity index (χ4v) is 4.06. The molecule has 27 heavy (non-hydrogen) atoms. The molecule has 6 heteroatoms. The van der Waals surface area contributed by atoms with Crippen LogP contribution in [0.2, 0.25) is 0 Å². The zero-order valence-electron chi connectivity index (χ0n) is 16.4. The minimum Gasteiger partial charge on any atom is -0.469 e. The first-order valence-corrected chi connectivity index (χ1v) is 10.5. The monoisotopic (exact) mass is 375 g/mol. The molecule has 2 aliphatic rings. The maximum absolute atomic E-state index is 11.9. The lowest BCUT2D eigenvalue weighted by Crippen LogP contribution is -2.48. The van der Waals surface area contributed by atoms with Gasteiger partial charge in [-0.1, -0.05) is 12.8 Å². The van der Waals surface area contributed by atoms with E-state index in [4.69, 9.17) is 14.1 Å². The Kier molecular flexibility index (Phi) is 7.60. The molecule has 6 nitrogen and oxygen atoms in total. The number of nitrogens with one attached hydrogen (secondary N) is 2. The van der Waals surface area contributed by atoms with Gasteiger partial charge in [-0.3, -0.25) is 9.79 Å². The SMILES string of the molecule is CCOC(=O)C1CCC(NC(=NCCc2ccco2)NC2CCCC2)CC1. The molecule has 0 bridgehead atoms. The van der Waals surface area contributed by atoms with Gasteiger partial charge in [0, 0.05) is 25.0 Å². The van der Waals surface area contributed by atoms with E-state index in [-0.39, 0.29) is 11.9 Å². The second-order valence-corrected chi connectivity index (χ2v) is 7.63. The van der Waals surface area contributed by atoms with Crippen molar-refractivity contribution in [3.8, 4) is 0 Å². The van der Waals surface area contributed by atoms with E-state index >= 15 is 0 Å². The molecule has 1 heterocycles. The summed E-state index contributed by atoms with van der Waals surface area (Å²) in [5.74, 6) is 1.90. The highest BCUT2D eigenvalue weighted by Gasteiger charge is 2.28. The average molecular weight is 376 g/mol. The molecule has 0 radical (unpaired) electrons. The van der Waals surface area contributed by atoms with E-state index < -0.39 is 0 Å². The van der Waals surface area contributed by atoms with Crippen molar-refractivity contribution in [1.29, 1.82) is 0 Å². The quantitative estimate of drug-likeness (QED) is 0.434. The summed E-state index contributed by atoms with van der Waals surface area (Å²) in [7, 11) is 0. The van der Waals surface area contributed by atoms with Crippen molar-refractivity contribution in [3.63, 3.8) is 0 Å². The van der Waals surface area contributed by atoms with Crippen LogP contribution in [0.4, 0.5) is 0 Å². The number of carbonyl (C=O) groups excluding carboxylic acids is 1. The Morgan fingerprint density at radius 1 is 1.15 bits per heavy atom. The van der Waals surface area contributed by atoms with Crippen molar-refractivity contribution < 1.29 is 13.9 Å². The van der Waals surface area contributed by atoms with Crippen molar-refractivity contribution in [1.82, 2.24) is 10.6 Å². The van der Waals surface area contributed by atoms with Crippen LogP contribution in [0.25, 0.3) is 0 Å². The Morgan fingerprint density at radius 2 is 1.85 bits per heavy atom. The highest BCUT2D eigenvalue weighted by molar-refractivity contribution is 5.80. The van der Waals surface area contributed by atoms with Crippen LogP contribution >= 0.6 is 0 Å². The van der Waals surface area contributed by atoms with Crippen LogP contribution in [-0.4, -0.2) is 37.2 Å². The van der Waals surface area contributed by atoms with Gasteiger partial charge in [0.1, 0.15) is 5.76 Å². The summed E-state index contributed by atoms with van der Waals surface area (Å²) in [6, 6.07) is 4.79. The molecule has 1 aromatic rings. The van der Waals surface area contributed by atoms with E-state index in [1.54, 1.807) is 6.26 Å². The van der Waals surface area contributed by atoms with Crippen molar-refractivity contribution in [2.24, 2.45) is 10.9 Å². The topological polar surface area (TPSA) is 75.9 Å². The number of ether oxygens (including phenoxy) is 1. The Balaban J connectivity index is 1.50. The minimum atomic E-state index is -0.0348. The van der Waals surface area contributed by atoms with E-state index in [2.05, 4.69) is 10.6 Å². The van der Waals surface area contributed by atoms with E-state index in [0.717, 1.165) is 43.8 Å². The molecular formula is C21H33N3O3. The molecule has 0 saturated heterocycles. The maximum atomic E-state index is 11.9. The largest absolute Gasteiger partial charge is 0.469 e. The van der Waals surface area contributed by atoms with Gasteiger partial charge in [0.25, 0.3) is 0 Å². The predicted molar refractivity (Wildman–Crippen MR) is 106 cm³/mol. The van der Waals surface area contributed by atoms with Gasteiger partial charge >= 0.3 is 5.97 Å². The van der Waals surface area contributed by atoms with Crippen LogP contribution in [0, 0.1) is 5.92 Å². The molecule has 2 N–H and O–H groups in total. The van der Waals surface area contributed by atoms with Crippen LogP contribution in [-0.2, 0) is 16.0 Å². The number of nitrogens with zero attached hydrogens (tertiary/aromatic N) is 1. The lowest BCUT2D eigenvalue weighted by atomic mass is 9.86. The summed E-state index contributed by atoms with van der Waals surface area (Å²) in [5, 5.41) is 7.22. The van der Waals surface area contributed by atoms with Gasteiger partial charge in [0.2, 0.25) is 0 Å². The summed E-state index contributed by atoms with van der Waals surface area (Å²) in [4.78, 5) is 16.7. The van der Waals surface area contributed by atoms with Gasteiger partial charge in [0.05, 0.1) is 18.8 Å². The van der Waals surface area contributed by atoms with Gasteiger partial charge < -0.3 is 19.8 Å². The van der Waals surface area contributed by atoms with E-state index in [1.807, 2.05) is 19.1 Å². The summed E-state index contributed by atoms with van der Waals surface area (Å²) < 4.78 is 10.6. The standard InChI is InChI=1S/C21H33N3O3/c1-2-26-20(25)16-9-11-18(12-10-16)24-21(23-17-6-3-4-7-17)22-14-13-19-8-5-15-27-19/h5,8,15-18H,2-4,6-7,9-14H2,1H3,(H2,22,23,24). The van der Waals surface area contributed by atoms with Gasteiger partial charge in [0.15, 0.2) is 5.96 Å². The van der Waals surface area contributed by atoms with Crippen molar-refractivity contribution in [2.45, 2.75) is 76.8 Å². The lowest BCUT2D eigenvalue weighted by molar-refractivity contribution is -0.149. The molecule has 2 aliphatic carbocycles. The van der Waals surface area contributed by atoms with Crippen LogP contribution in [0.1, 0.15) is 64.1 Å². The number of hydrogen-bond acceptors (Lipinski definition) is 4. The Labute approximate surface area is 162 Å². The second-order valence-electron chi connectivity index (χ2n) is 7.63. The van der Waals surface area contributed by atoms with Crippen LogP contribution in [0.3, 0.4) is 0 Å². The summed E-state index contributed by atoms with van der Waals surface area (Å²) in [5.41, 5.74) is 0. The van der Waals surface area contributed by atoms with Crippen LogP contribution in [0.5, 0.6) is 0 Å². The molecule has 0 amide bonds. The van der Waals surface area contributed by atoms with Gasteiger partial charge in [-0.05, 0) is 57.6 Å². The number of aliphatic imine (C=N–C) groups is 1. The van der Waals surface area contributed by atoms with Gasteiger partial charge in [-0.25, -0.2) is 0 Å². The molecule has 0 unspecified atom stereocenters. The van der Waals surface area contributed by atoms with Gasteiger partial charge in [-0.2, -0.15) is 0 Å². The highest BCUT2D eigenvalue weighted by Crippen LogP contribution is 2.25. The first kappa shape index (κ1) is 19.8. The van der Waals surface area contributed by atoms with Crippen LogP contribution < -0.4 is 10.6 Å². The molecule has 2 fully saturated rings. The summed E-state index contributed by atoms with van der Waals surface area (Å²) in [6.07, 6.45) is 11.3. The average Bonchev–Trinajstić information content (AvgIpc) is 3.36. The third-order valence-electron chi connectivity index (χ3n) is 5.59. The van der Waals surface area contributed by atoms with Crippen LogP contribution in [0.15, 0.2) is 27.8 Å². The van der Waals surface area contributed by atoms with E-state index in [1.165, 1.54) is 25.7 Å². The number of furan rings is 1. The molecule has 0 spiro atoms. The summed E-state index contributed by atoms with van der Waals surface area (Å²) >= 11 is 0. The summed E-state index contributed by atoms with van der Waals surface area (Å²) in [6.45, 7) is 3.04. The minimum absolute atomic E-state index is 0.0348. The van der Waals surface area contributed by atoms with E-state index in [9.17, 15) is 4.79 Å². The molecule has 2 saturated carbocycles. The van der Waals surface area contributed by atoms with Gasteiger partial charge in [-0.15, -0.1) is 0 Å². The predicted octanol–water partition coefficient (Wildman–Crippen LogP) is 3.42. The number of esters is 1. The lowest BCUT2D eigenvalue weighted by Gasteiger charge is -2.30. The van der Waals surface area contributed by atoms with Crippen molar-refractivity contribution in [3.05, 3.63) is 24.2 Å². The number of guanidine groups is 1. The molecular weight excluding hydrogens is 342 g/mol. The zero-order chi connectivity index (χ0) is 18.9.